The number of ether oxygens (including phenoxy) is 1. The molecule has 0 bridgehead atoms. The fourth-order valence-electron chi connectivity index (χ4n) is 5.09. The van der Waals surface area contributed by atoms with Crippen molar-refractivity contribution in [2.75, 3.05) is 13.1 Å². The Hall–Kier alpha value is -3.55. The molecule has 2 aromatic heterocycles. The lowest BCUT2D eigenvalue weighted by molar-refractivity contribution is -0.646. The first-order valence-corrected chi connectivity index (χ1v) is 14.5. The summed E-state index contributed by atoms with van der Waals surface area (Å²) in [4.78, 5) is 40.5. The molecule has 4 heterocycles. The Morgan fingerprint density at radius 2 is 2.00 bits per heavy atom. The van der Waals surface area contributed by atoms with Gasteiger partial charge in [0.25, 0.3) is 0 Å². The predicted octanol–water partition coefficient (Wildman–Crippen LogP) is 2.03. The van der Waals surface area contributed by atoms with E-state index in [1.165, 1.54) is 34.4 Å². The highest BCUT2D eigenvalue weighted by Gasteiger charge is 2.55. The van der Waals surface area contributed by atoms with Crippen LogP contribution in [0, 0.1) is 5.21 Å². The molecule has 3 unspecified atom stereocenters. The highest BCUT2D eigenvalue weighted by molar-refractivity contribution is 7.89. The Kier molecular flexibility index (Phi) is 7.07. The summed E-state index contributed by atoms with van der Waals surface area (Å²) in [7, 11) is -4.26. The van der Waals surface area contributed by atoms with Crippen molar-refractivity contribution < 1.29 is 32.3 Å². The molecule has 3 aromatic rings. The summed E-state index contributed by atoms with van der Waals surface area (Å²) >= 11 is 1.30. The van der Waals surface area contributed by atoms with E-state index in [4.69, 9.17) is 4.74 Å². The van der Waals surface area contributed by atoms with Crippen LogP contribution < -0.4 is 14.8 Å². The first kappa shape index (κ1) is 26.1. The minimum Gasteiger partial charge on any atom is -0.618 e. The standard InChI is InChI=1S/C25H26N4O7S2/c1-2-7-17(26-25(32)36-22-14-16-8-3-4-9-20(16)37-22)24(31)27-13-11-18-23(27)19(30)15-29(18)38(34,35)21-10-5-6-12-28(21)33/h3-6,8-10,12,14,17-18,23H,2,7,11,13,15H2,1H3,(H,26,32). The number of pyridine rings is 1. The van der Waals surface area contributed by atoms with Gasteiger partial charge in [-0.05, 0) is 30.4 Å². The number of thiophene rings is 1. The van der Waals surface area contributed by atoms with Gasteiger partial charge in [0, 0.05) is 29.4 Å². The maximum absolute atomic E-state index is 13.5. The number of amides is 2. The third-order valence-corrected chi connectivity index (χ3v) is 9.64. The molecule has 1 N–H and O–H groups in total. The van der Waals surface area contributed by atoms with E-state index >= 15 is 0 Å². The highest BCUT2D eigenvalue weighted by atomic mass is 32.2. The van der Waals surface area contributed by atoms with Gasteiger partial charge < -0.3 is 20.2 Å². The fraction of sp³-hybridized carbons (Fsp3) is 0.360. The van der Waals surface area contributed by atoms with Crippen molar-refractivity contribution in [2.24, 2.45) is 0 Å². The van der Waals surface area contributed by atoms with Gasteiger partial charge in [-0.1, -0.05) is 42.9 Å². The summed E-state index contributed by atoms with van der Waals surface area (Å²) in [6.45, 7) is 1.57. The molecule has 200 valence electrons. The summed E-state index contributed by atoms with van der Waals surface area (Å²) in [5.41, 5.74) is 0. The van der Waals surface area contributed by atoms with Crippen molar-refractivity contribution >= 4 is 49.2 Å². The molecular weight excluding hydrogens is 532 g/mol. The van der Waals surface area contributed by atoms with Crippen LogP contribution in [0.4, 0.5) is 4.79 Å². The second kappa shape index (κ2) is 10.3. The molecule has 2 aliphatic heterocycles. The Bertz CT molecular complexity index is 1470. The lowest BCUT2D eigenvalue weighted by Crippen LogP contribution is -2.53. The third kappa shape index (κ3) is 4.72. The van der Waals surface area contributed by atoms with Crippen molar-refractivity contribution in [2.45, 2.75) is 49.3 Å². The van der Waals surface area contributed by atoms with Crippen LogP contribution in [0.15, 0.2) is 59.8 Å². The minimum absolute atomic E-state index is 0.144. The van der Waals surface area contributed by atoms with Crippen molar-refractivity contribution in [1.29, 1.82) is 0 Å². The Labute approximate surface area is 223 Å². The topological polar surface area (TPSA) is 140 Å². The normalized spacial score (nSPS) is 20.4. The van der Waals surface area contributed by atoms with Crippen molar-refractivity contribution in [3.8, 4) is 5.06 Å². The Morgan fingerprint density at radius 1 is 1.24 bits per heavy atom. The molecule has 2 fully saturated rings. The molecule has 13 heteroatoms. The number of aromatic nitrogens is 1. The lowest BCUT2D eigenvalue weighted by Gasteiger charge is -2.27. The first-order chi connectivity index (χ1) is 18.2. The first-order valence-electron chi connectivity index (χ1n) is 12.2. The number of nitrogens with one attached hydrogen (secondary N) is 1. The second-order valence-corrected chi connectivity index (χ2v) is 12.1. The van der Waals surface area contributed by atoms with E-state index in [0.717, 1.165) is 20.6 Å². The lowest BCUT2D eigenvalue weighted by atomic mass is 10.1. The van der Waals surface area contributed by atoms with Crippen LogP contribution in [0.3, 0.4) is 0 Å². The van der Waals surface area contributed by atoms with Gasteiger partial charge in [0.2, 0.25) is 5.91 Å². The number of rotatable bonds is 7. The number of hydrogen-bond acceptors (Lipinski definition) is 8. The minimum atomic E-state index is -4.26. The molecule has 3 atom stereocenters. The Balaban J connectivity index is 1.30. The van der Waals surface area contributed by atoms with Crippen LogP contribution in [0.2, 0.25) is 0 Å². The van der Waals surface area contributed by atoms with Crippen molar-refractivity contribution in [3.05, 3.63) is 59.9 Å². The molecule has 11 nitrogen and oxygen atoms in total. The number of fused-ring (bicyclic) bond motifs is 2. The van der Waals surface area contributed by atoms with Crippen LogP contribution in [0.25, 0.3) is 10.1 Å². The smallest absolute Gasteiger partial charge is 0.414 e. The van der Waals surface area contributed by atoms with Gasteiger partial charge in [-0.25, -0.2) is 13.2 Å². The maximum atomic E-state index is 13.5. The molecular formula is C25H26N4O7S2. The summed E-state index contributed by atoms with van der Waals surface area (Å²) in [5.74, 6) is -0.903. The predicted molar refractivity (Wildman–Crippen MR) is 138 cm³/mol. The molecule has 0 aliphatic carbocycles. The van der Waals surface area contributed by atoms with Gasteiger partial charge in [0.15, 0.2) is 17.0 Å². The third-order valence-electron chi connectivity index (χ3n) is 6.79. The number of nitrogens with zero attached hydrogens (tertiary/aromatic N) is 3. The zero-order valence-corrected chi connectivity index (χ0v) is 22.1. The van der Waals surface area contributed by atoms with Gasteiger partial charge in [-0.3, -0.25) is 9.59 Å². The SMILES string of the molecule is CCCC(NC(=O)Oc1cc2ccccc2s1)C(=O)N1CCC2C1C(=O)CN2S(=O)(=O)c1cccc[n+]1[O-]. The van der Waals surface area contributed by atoms with Crippen LogP contribution in [0.5, 0.6) is 5.06 Å². The van der Waals surface area contributed by atoms with E-state index in [9.17, 15) is 28.0 Å². The highest BCUT2D eigenvalue weighted by Crippen LogP contribution is 2.34. The summed E-state index contributed by atoms with van der Waals surface area (Å²) in [6, 6.07) is 10.6. The maximum Gasteiger partial charge on any atom is 0.414 e. The number of likely N-dealkylation sites (tertiary alicyclic amines) is 1. The van der Waals surface area contributed by atoms with E-state index < -0.39 is 57.5 Å². The zero-order chi connectivity index (χ0) is 27.0. The molecule has 0 spiro atoms. The number of benzene rings is 1. The molecule has 2 aliphatic rings. The number of carbonyl (C=O) groups excluding carboxylic acids is 3. The number of hydrogen-bond donors (Lipinski definition) is 1. The number of sulfonamides is 1. The van der Waals surface area contributed by atoms with Crippen LogP contribution >= 0.6 is 11.3 Å². The molecule has 0 saturated carbocycles. The molecule has 1 aromatic carbocycles. The number of Topliss-reactive ketones (excluding diaryl/α,β-unsaturated/α-hetero) is 1. The molecule has 38 heavy (non-hydrogen) atoms. The van der Waals surface area contributed by atoms with Crippen LogP contribution in [-0.2, 0) is 19.6 Å². The van der Waals surface area contributed by atoms with E-state index in [1.807, 2.05) is 31.2 Å². The summed E-state index contributed by atoms with van der Waals surface area (Å²) in [5, 5.41) is 15.6. The van der Waals surface area contributed by atoms with E-state index in [1.54, 1.807) is 6.07 Å². The van der Waals surface area contributed by atoms with E-state index in [-0.39, 0.29) is 17.7 Å². The van der Waals surface area contributed by atoms with Gasteiger partial charge in [0.1, 0.15) is 12.1 Å². The molecule has 2 saturated heterocycles. The van der Waals surface area contributed by atoms with Crippen LogP contribution in [-0.4, -0.2) is 66.6 Å². The van der Waals surface area contributed by atoms with Crippen molar-refractivity contribution in [3.63, 3.8) is 0 Å². The molecule has 2 amide bonds. The van der Waals surface area contributed by atoms with E-state index in [2.05, 4.69) is 5.32 Å². The number of carbonyl (C=O) groups is 3. The summed E-state index contributed by atoms with van der Waals surface area (Å²) < 4.78 is 34.1. The van der Waals surface area contributed by atoms with Gasteiger partial charge in [-0.15, -0.1) is 0 Å². The van der Waals surface area contributed by atoms with Gasteiger partial charge >= 0.3 is 21.1 Å². The average molecular weight is 559 g/mol. The monoisotopic (exact) mass is 558 g/mol. The second-order valence-electron chi connectivity index (χ2n) is 9.19. The van der Waals surface area contributed by atoms with Crippen molar-refractivity contribution in [1.82, 2.24) is 14.5 Å². The molecule has 0 radical (unpaired) electrons. The molecule has 5 rings (SSSR count). The Morgan fingerprint density at radius 3 is 2.74 bits per heavy atom. The van der Waals surface area contributed by atoms with Crippen LogP contribution in [0.1, 0.15) is 26.2 Å². The zero-order valence-electron chi connectivity index (χ0n) is 20.5. The van der Waals surface area contributed by atoms with E-state index in [0.29, 0.717) is 17.9 Å². The number of ketones is 1. The fourth-order valence-corrected chi connectivity index (χ4v) is 7.66. The van der Waals surface area contributed by atoms with Gasteiger partial charge in [-0.2, -0.15) is 9.04 Å². The summed E-state index contributed by atoms with van der Waals surface area (Å²) in [6.07, 6.45) is 1.41. The quantitative estimate of drug-likeness (QED) is 0.346. The largest absolute Gasteiger partial charge is 0.618 e. The van der Waals surface area contributed by atoms with Gasteiger partial charge in [0.05, 0.1) is 12.6 Å². The average Bonchev–Trinajstić information content (AvgIpc) is 3.58.